The van der Waals surface area contributed by atoms with E-state index in [0.29, 0.717) is 24.4 Å². The first-order valence-electron chi connectivity index (χ1n) is 8.38. The van der Waals surface area contributed by atoms with Crippen LogP contribution in [0.2, 0.25) is 0 Å². The van der Waals surface area contributed by atoms with Crippen LogP contribution >= 0.6 is 0 Å². The van der Waals surface area contributed by atoms with Gasteiger partial charge in [-0.05, 0) is 44.6 Å². The summed E-state index contributed by atoms with van der Waals surface area (Å²) in [6.07, 6.45) is 8.90. The molecule has 3 rings (SSSR count). The van der Waals surface area contributed by atoms with Crippen LogP contribution in [-0.2, 0) is 4.79 Å². The summed E-state index contributed by atoms with van der Waals surface area (Å²) in [6, 6.07) is 2.83. The minimum absolute atomic E-state index is 0.179. The number of hydrogen-bond donors (Lipinski definition) is 1. The molecule has 1 aromatic heterocycles. The largest absolute Gasteiger partial charge is 0.474 e. The van der Waals surface area contributed by atoms with Gasteiger partial charge in [0.25, 0.3) is 5.91 Å². The molecule has 1 aliphatic heterocycles. The average molecular weight is 317 g/mol. The molecular weight excluding hydrogens is 294 g/mol. The zero-order chi connectivity index (χ0) is 16.2. The Morgan fingerprint density at radius 3 is 2.70 bits per heavy atom. The third kappa shape index (κ3) is 3.63. The second-order valence-corrected chi connectivity index (χ2v) is 6.32. The Balaban J connectivity index is 1.71. The predicted octanol–water partition coefficient (Wildman–Crippen LogP) is 1.88. The molecule has 6 nitrogen and oxygen atoms in total. The Hall–Kier alpha value is -2.11. The highest BCUT2D eigenvalue weighted by Crippen LogP contribution is 2.24. The maximum Gasteiger partial charge on any atom is 0.254 e. The predicted molar refractivity (Wildman–Crippen MR) is 85.0 cm³/mol. The summed E-state index contributed by atoms with van der Waals surface area (Å²) in [5.74, 6) is -0.136. The summed E-state index contributed by atoms with van der Waals surface area (Å²) in [5, 5.41) is 0. The van der Waals surface area contributed by atoms with Crippen LogP contribution in [0.25, 0.3) is 0 Å². The van der Waals surface area contributed by atoms with Crippen LogP contribution in [0, 0.1) is 0 Å². The fourth-order valence-corrected chi connectivity index (χ4v) is 3.43. The van der Waals surface area contributed by atoms with Gasteiger partial charge < -0.3 is 15.4 Å². The molecule has 0 radical (unpaired) electrons. The Bertz CT molecular complexity index is 584. The SMILES string of the molecule is NC(=O)[C@@H]1CCCN1C(=O)c1ccnc(OC2CCCCC2)c1. The van der Waals surface area contributed by atoms with Crippen LogP contribution in [0.4, 0.5) is 0 Å². The second-order valence-electron chi connectivity index (χ2n) is 6.32. The van der Waals surface area contributed by atoms with Crippen molar-refractivity contribution in [2.24, 2.45) is 5.73 Å². The van der Waals surface area contributed by atoms with E-state index in [0.717, 1.165) is 19.3 Å². The Morgan fingerprint density at radius 2 is 1.96 bits per heavy atom. The molecule has 0 unspecified atom stereocenters. The summed E-state index contributed by atoms with van der Waals surface area (Å²) < 4.78 is 5.91. The topological polar surface area (TPSA) is 85.5 Å². The lowest BCUT2D eigenvalue weighted by Crippen LogP contribution is -2.43. The average Bonchev–Trinajstić information content (AvgIpc) is 3.05. The number of ether oxygens (including phenoxy) is 1. The molecule has 124 valence electrons. The van der Waals surface area contributed by atoms with Gasteiger partial charge in [-0.1, -0.05) is 6.42 Å². The Labute approximate surface area is 136 Å². The number of rotatable bonds is 4. The molecule has 1 aliphatic carbocycles. The van der Waals surface area contributed by atoms with E-state index < -0.39 is 11.9 Å². The molecule has 1 atom stereocenters. The number of hydrogen-bond acceptors (Lipinski definition) is 4. The van der Waals surface area contributed by atoms with Gasteiger partial charge >= 0.3 is 0 Å². The number of carbonyl (C=O) groups excluding carboxylic acids is 2. The minimum Gasteiger partial charge on any atom is -0.474 e. The molecular formula is C17H23N3O3. The van der Waals surface area contributed by atoms with Gasteiger partial charge in [0.15, 0.2) is 0 Å². The monoisotopic (exact) mass is 317 g/mol. The summed E-state index contributed by atoms with van der Waals surface area (Å²) in [7, 11) is 0. The van der Waals surface area contributed by atoms with Crippen LogP contribution in [0.15, 0.2) is 18.3 Å². The van der Waals surface area contributed by atoms with Crippen molar-refractivity contribution in [3.05, 3.63) is 23.9 Å². The van der Waals surface area contributed by atoms with Gasteiger partial charge in [0, 0.05) is 24.4 Å². The van der Waals surface area contributed by atoms with Gasteiger partial charge in [-0.25, -0.2) is 4.98 Å². The lowest BCUT2D eigenvalue weighted by atomic mass is 9.98. The Kier molecular flexibility index (Phi) is 4.79. The van der Waals surface area contributed by atoms with Crippen molar-refractivity contribution in [3.8, 4) is 5.88 Å². The van der Waals surface area contributed by atoms with Gasteiger partial charge in [-0.15, -0.1) is 0 Å². The highest BCUT2D eigenvalue weighted by atomic mass is 16.5. The molecule has 0 aromatic carbocycles. The van der Waals surface area contributed by atoms with Crippen LogP contribution in [0.3, 0.4) is 0 Å². The summed E-state index contributed by atoms with van der Waals surface area (Å²) in [5.41, 5.74) is 5.89. The Morgan fingerprint density at radius 1 is 1.17 bits per heavy atom. The molecule has 1 aromatic rings. The van der Waals surface area contributed by atoms with Crippen molar-refractivity contribution in [1.82, 2.24) is 9.88 Å². The molecule has 23 heavy (non-hydrogen) atoms. The van der Waals surface area contributed by atoms with Gasteiger partial charge in [0.2, 0.25) is 11.8 Å². The van der Waals surface area contributed by atoms with E-state index in [1.165, 1.54) is 19.3 Å². The van der Waals surface area contributed by atoms with E-state index in [1.807, 2.05) is 0 Å². The molecule has 2 N–H and O–H groups in total. The number of nitrogens with zero attached hydrogens (tertiary/aromatic N) is 2. The lowest BCUT2D eigenvalue weighted by molar-refractivity contribution is -0.121. The zero-order valence-corrected chi connectivity index (χ0v) is 13.2. The number of nitrogens with two attached hydrogens (primary N) is 1. The van der Waals surface area contributed by atoms with Gasteiger partial charge in [-0.2, -0.15) is 0 Å². The van der Waals surface area contributed by atoms with Crippen molar-refractivity contribution >= 4 is 11.8 Å². The van der Waals surface area contributed by atoms with Crippen LogP contribution in [0.5, 0.6) is 5.88 Å². The number of amides is 2. The molecule has 2 fully saturated rings. The van der Waals surface area contributed by atoms with E-state index >= 15 is 0 Å². The van der Waals surface area contributed by atoms with Crippen molar-refractivity contribution in [2.45, 2.75) is 57.1 Å². The van der Waals surface area contributed by atoms with Gasteiger partial charge in [-0.3, -0.25) is 9.59 Å². The first kappa shape index (κ1) is 15.8. The van der Waals surface area contributed by atoms with Gasteiger partial charge in [0.1, 0.15) is 12.1 Å². The van der Waals surface area contributed by atoms with Gasteiger partial charge in [0.05, 0.1) is 0 Å². The standard InChI is InChI=1S/C17H23N3O3/c18-16(21)14-7-4-10-20(14)17(22)12-8-9-19-15(11-12)23-13-5-2-1-3-6-13/h8-9,11,13-14H,1-7,10H2,(H2,18,21)/t14-/m0/s1. The summed E-state index contributed by atoms with van der Waals surface area (Å²) >= 11 is 0. The smallest absolute Gasteiger partial charge is 0.254 e. The highest BCUT2D eigenvalue weighted by Gasteiger charge is 2.33. The third-order valence-electron chi connectivity index (χ3n) is 4.66. The first-order chi connectivity index (χ1) is 11.1. The maximum absolute atomic E-state index is 12.6. The van der Waals surface area contributed by atoms with E-state index in [2.05, 4.69) is 4.98 Å². The lowest BCUT2D eigenvalue weighted by Gasteiger charge is -2.24. The van der Waals surface area contributed by atoms with E-state index in [-0.39, 0.29) is 12.0 Å². The molecule has 1 saturated heterocycles. The second kappa shape index (κ2) is 6.98. The van der Waals surface area contributed by atoms with Crippen molar-refractivity contribution < 1.29 is 14.3 Å². The van der Waals surface area contributed by atoms with Crippen LogP contribution < -0.4 is 10.5 Å². The number of pyridine rings is 1. The normalized spacial score (nSPS) is 22.1. The highest BCUT2D eigenvalue weighted by molar-refractivity contribution is 5.97. The van der Waals surface area contributed by atoms with Crippen LogP contribution in [-0.4, -0.2) is 40.4 Å². The maximum atomic E-state index is 12.6. The molecule has 0 spiro atoms. The number of carbonyl (C=O) groups is 2. The minimum atomic E-state index is -0.502. The molecule has 6 heteroatoms. The molecule has 1 saturated carbocycles. The fourth-order valence-electron chi connectivity index (χ4n) is 3.43. The molecule has 2 aliphatic rings. The van der Waals surface area contributed by atoms with Crippen molar-refractivity contribution in [1.29, 1.82) is 0 Å². The quantitative estimate of drug-likeness (QED) is 0.919. The molecule has 2 heterocycles. The zero-order valence-electron chi connectivity index (χ0n) is 13.2. The molecule has 2 amide bonds. The van der Waals surface area contributed by atoms with Crippen LogP contribution in [0.1, 0.15) is 55.3 Å². The number of primary amides is 1. The van der Waals surface area contributed by atoms with Crippen molar-refractivity contribution in [2.75, 3.05) is 6.54 Å². The van der Waals surface area contributed by atoms with Crippen molar-refractivity contribution in [3.63, 3.8) is 0 Å². The third-order valence-corrected chi connectivity index (χ3v) is 4.66. The van der Waals surface area contributed by atoms with E-state index in [9.17, 15) is 9.59 Å². The number of likely N-dealkylation sites (tertiary alicyclic amines) is 1. The first-order valence-corrected chi connectivity index (χ1v) is 8.38. The molecule has 0 bridgehead atoms. The summed E-state index contributed by atoms with van der Waals surface area (Å²) in [6.45, 7) is 0.563. The number of aromatic nitrogens is 1. The van der Waals surface area contributed by atoms with E-state index in [1.54, 1.807) is 23.2 Å². The fraction of sp³-hybridized carbons (Fsp3) is 0.588. The summed E-state index contributed by atoms with van der Waals surface area (Å²) in [4.78, 5) is 29.9. The van der Waals surface area contributed by atoms with E-state index in [4.69, 9.17) is 10.5 Å².